The lowest BCUT2D eigenvalue weighted by molar-refractivity contribution is -0.385. The van der Waals surface area contributed by atoms with Crippen LogP contribution in [0.25, 0.3) is 0 Å². The van der Waals surface area contributed by atoms with E-state index in [9.17, 15) is 10.1 Å². The zero-order chi connectivity index (χ0) is 16.7. The first-order valence-corrected chi connectivity index (χ1v) is 7.95. The maximum atomic E-state index is 11.1. The van der Waals surface area contributed by atoms with E-state index in [1.54, 1.807) is 25.2 Å². The second-order valence-electron chi connectivity index (χ2n) is 5.43. The first-order valence-electron chi connectivity index (χ1n) is 7.95. The minimum atomic E-state index is -0.354. The van der Waals surface area contributed by atoms with Gasteiger partial charge >= 0.3 is 0 Å². The zero-order valence-corrected chi connectivity index (χ0v) is 13.7. The van der Waals surface area contributed by atoms with Gasteiger partial charge in [-0.15, -0.1) is 0 Å². The molecule has 1 N–H and O–H groups in total. The first-order chi connectivity index (χ1) is 11.2. The predicted octanol–water partition coefficient (Wildman–Crippen LogP) is 2.17. The molecule has 1 aromatic carbocycles. The summed E-state index contributed by atoms with van der Waals surface area (Å²) in [6, 6.07) is 6.77. The number of piperidine rings is 1. The Morgan fingerprint density at radius 2 is 2.13 bits per heavy atom. The van der Waals surface area contributed by atoms with Crippen LogP contribution in [-0.2, 0) is 11.3 Å². The van der Waals surface area contributed by atoms with Gasteiger partial charge in [-0.25, -0.2) is 0 Å². The summed E-state index contributed by atoms with van der Waals surface area (Å²) < 4.78 is 5.65. The molecule has 23 heavy (non-hydrogen) atoms. The number of rotatable bonds is 5. The van der Waals surface area contributed by atoms with Crippen molar-refractivity contribution in [2.45, 2.75) is 32.4 Å². The number of benzene rings is 1. The lowest BCUT2D eigenvalue weighted by Crippen LogP contribution is -2.46. The quantitative estimate of drug-likeness (QED) is 0.389. The van der Waals surface area contributed by atoms with Crippen LogP contribution in [0.2, 0.25) is 0 Å². The number of guanidine groups is 1. The fraction of sp³-hybridized carbons (Fsp3) is 0.562. The van der Waals surface area contributed by atoms with Crippen LogP contribution in [0.5, 0.6) is 0 Å². The smallest absolute Gasteiger partial charge is 0.274 e. The third kappa shape index (κ3) is 4.66. The molecular weight excluding hydrogens is 296 g/mol. The Bertz CT molecular complexity index is 554. The number of nitrogens with one attached hydrogen (secondary N) is 1. The summed E-state index contributed by atoms with van der Waals surface area (Å²) in [6.07, 6.45) is 2.27. The van der Waals surface area contributed by atoms with Crippen molar-refractivity contribution in [3.63, 3.8) is 0 Å². The molecule has 0 atom stereocenters. The fourth-order valence-electron chi connectivity index (χ4n) is 2.81. The number of hydrogen-bond donors (Lipinski definition) is 1. The third-order valence-corrected chi connectivity index (χ3v) is 3.98. The summed E-state index contributed by atoms with van der Waals surface area (Å²) in [6.45, 7) is 4.90. The highest BCUT2D eigenvalue weighted by Gasteiger charge is 2.22. The number of hydrogen-bond acceptors (Lipinski definition) is 4. The molecule has 1 fully saturated rings. The maximum absolute atomic E-state index is 11.1. The first kappa shape index (κ1) is 17.2. The van der Waals surface area contributed by atoms with Gasteiger partial charge in [-0.1, -0.05) is 18.2 Å². The summed E-state index contributed by atoms with van der Waals surface area (Å²) >= 11 is 0. The Labute approximate surface area is 136 Å². The minimum absolute atomic E-state index is 0.130. The summed E-state index contributed by atoms with van der Waals surface area (Å²) in [5, 5.41) is 14.3. The Morgan fingerprint density at radius 1 is 1.43 bits per heavy atom. The predicted molar refractivity (Wildman–Crippen MR) is 89.5 cm³/mol. The molecule has 126 valence electrons. The highest BCUT2D eigenvalue weighted by atomic mass is 16.6. The average molecular weight is 320 g/mol. The molecule has 7 nitrogen and oxygen atoms in total. The molecule has 2 rings (SSSR count). The molecule has 0 bridgehead atoms. The highest BCUT2D eigenvalue weighted by Crippen LogP contribution is 2.18. The van der Waals surface area contributed by atoms with Gasteiger partial charge in [0.1, 0.15) is 0 Å². The number of nitro groups is 1. The molecule has 0 unspecified atom stereocenters. The van der Waals surface area contributed by atoms with Crippen LogP contribution in [0, 0.1) is 10.1 Å². The Morgan fingerprint density at radius 3 is 2.74 bits per heavy atom. The molecule has 1 aliphatic heterocycles. The molecule has 0 aromatic heterocycles. The number of para-hydroxylation sites is 1. The van der Waals surface area contributed by atoms with Gasteiger partial charge in [0, 0.05) is 44.9 Å². The van der Waals surface area contributed by atoms with Crippen molar-refractivity contribution in [1.29, 1.82) is 0 Å². The van der Waals surface area contributed by atoms with E-state index >= 15 is 0 Å². The second-order valence-corrected chi connectivity index (χ2v) is 5.43. The van der Waals surface area contributed by atoms with Gasteiger partial charge in [-0.2, -0.15) is 0 Å². The Balaban J connectivity index is 1.93. The van der Waals surface area contributed by atoms with Crippen molar-refractivity contribution >= 4 is 11.6 Å². The molecule has 1 aliphatic rings. The molecule has 1 heterocycles. The van der Waals surface area contributed by atoms with Crippen molar-refractivity contribution < 1.29 is 9.66 Å². The van der Waals surface area contributed by atoms with E-state index in [1.165, 1.54) is 6.07 Å². The Hall–Kier alpha value is -2.15. The van der Waals surface area contributed by atoms with Crippen molar-refractivity contribution in [2.75, 3.05) is 26.7 Å². The average Bonchev–Trinajstić information content (AvgIpc) is 2.57. The van der Waals surface area contributed by atoms with E-state index in [2.05, 4.69) is 15.2 Å². The summed E-state index contributed by atoms with van der Waals surface area (Å²) in [5.41, 5.74) is 0.786. The largest absolute Gasteiger partial charge is 0.378 e. The van der Waals surface area contributed by atoms with Gasteiger partial charge in [-0.3, -0.25) is 15.1 Å². The summed E-state index contributed by atoms with van der Waals surface area (Å²) in [4.78, 5) is 17.2. The molecule has 0 amide bonds. The lowest BCUT2D eigenvalue weighted by atomic mass is 10.1. The van der Waals surface area contributed by atoms with Crippen molar-refractivity contribution in [3.05, 3.63) is 39.9 Å². The monoisotopic (exact) mass is 320 g/mol. The molecule has 0 radical (unpaired) electrons. The van der Waals surface area contributed by atoms with Gasteiger partial charge in [0.15, 0.2) is 5.96 Å². The van der Waals surface area contributed by atoms with Crippen molar-refractivity contribution in [1.82, 2.24) is 10.2 Å². The second kappa shape index (κ2) is 8.47. The number of nitro benzene ring substituents is 1. The minimum Gasteiger partial charge on any atom is -0.378 e. The van der Waals surface area contributed by atoms with Gasteiger partial charge < -0.3 is 15.0 Å². The molecule has 0 saturated carbocycles. The van der Waals surface area contributed by atoms with Crippen LogP contribution in [0.1, 0.15) is 25.3 Å². The topological polar surface area (TPSA) is 80.0 Å². The number of aliphatic imine (C=N–C) groups is 1. The van der Waals surface area contributed by atoms with Crippen LogP contribution in [-0.4, -0.2) is 48.6 Å². The van der Waals surface area contributed by atoms with Crippen molar-refractivity contribution in [2.24, 2.45) is 4.99 Å². The molecule has 1 saturated heterocycles. The van der Waals surface area contributed by atoms with E-state index < -0.39 is 0 Å². The lowest BCUT2D eigenvalue weighted by Gasteiger charge is -2.34. The SMILES string of the molecule is CCOC1CCN(C(=NC)NCc2ccccc2[N+](=O)[O-])CC1. The number of nitrogens with zero attached hydrogens (tertiary/aromatic N) is 3. The van der Waals surface area contributed by atoms with Crippen LogP contribution in [0.15, 0.2) is 29.3 Å². The summed E-state index contributed by atoms with van der Waals surface area (Å²) in [7, 11) is 1.73. The maximum Gasteiger partial charge on any atom is 0.274 e. The van der Waals surface area contributed by atoms with Crippen LogP contribution >= 0.6 is 0 Å². The summed E-state index contributed by atoms with van der Waals surface area (Å²) in [5.74, 6) is 0.776. The van der Waals surface area contributed by atoms with Gasteiger partial charge in [0.2, 0.25) is 0 Å². The van der Waals surface area contributed by atoms with Gasteiger partial charge in [0.25, 0.3) is 5.69 Å². The molecule has 0 aliphatic carbocycles. The van der Waals surface area contributed by atoms with Gasteiger partial charge in [-0.05, 0) is 19.8 Å². The Kier molecular flexibility index (Phi) is 6.34. The zero-order valence-electron chi connectivity index (χ0n) is 13.7. The molecule has 1 aromatic rings. The van der Waals surface area contributed by atoms with Crippen molar-refractivity contribution in [3.8, 4) is 0 Å². The highest BCUT2D eigenvalue weighted by molar-refractivity contribution is 5.80. The van der Waals surface area contributed by atoms with E-state index in [1.807, 2.05) is 6.92 Å². The fourth-order valence-corrected chi connectivity index (χ4v) is 2.81. The normalized spacial score (nSPS) is 16.4. The van der Waals surface area contributed by atoms with Crippen LogP contribution < -0.4 is 5.32 Å². The van der Waals surface area contributed by atoms with E-state index in [4.69, 9.17) is 4.74 Å². The molecular formula is C16H24N4O3. The van der Waals surface area contributed by atoms with E-state index in [0.717, 1.165) is 38.5 Å². The third-order valence-electron chi connectivity index (χ3n) is 3.98. The standard InChI is InChI=1S/C16H24N4O3/c1-3-23-14-8-10-19(11-9-14)16(17-2)18-12-13-6-4-5-7-15(13)20(21)22/h4-7,14H,3,8-12H2,1-2H3,(H,17,18). The number of ether oxygens (including phenoxy) is 1. The van der Waals surface area contributed by atoms with E-state index in [-0.39, 0.29) is 10.6 Å². The van der Waals surface area contributed by atoms with Crippen LogP contribution in [0.4, 0.5) is 5.69 Å². The van der Waals surface area contributed by atoms with E-state index in [0.29, 0.717) is 18.2 Å². The molecule has 7 heteroatoms. The molecule has 0 spiro atoms. The number of likely N-dealkylation sites (tertiary alicyclic amines) is 1. The van der Waals surface area contributed by atoms with Gasteiger partial charge in [0.05, 0.1) is 11.0 Å². The van der Waals surface area contributed by atoms with Crippen LogP contribution in [0.3, 0.4) is 0 Å².